The molecule has 2 saturated heterocycles. The lowest BCUT2D eigenvalue weighted by molar-refractivity contribution is -0.131. The molecule has 3 rings (SSSR count). The fourth-order valence-corrected chi connectivity index (χ4v) is 3.81. The first kappa shape index (κ1) is 21.5. The van der Waals surface area contributed by atoms with E-state index in [0.29, 0.717) is 43.3 Å². The van der Waals surface area contributed by atoms with Gasteiger partial charge in [-0.1, -0.05) is 0 Å². The number of amides is 2. The topological polar surface area (TPSA) is 85.1 Å². The van der Waals surface area contributed by atoms with Crippen LogP contribution in [0.25, 0.3) is 0 Å². The predicted octanol–water partition coefficient (Wildman–Crippen LogP) is 3.25. The minimum Gasteiger partial charge on any atom is -0.475 e. The molecule has 29 heavy (non-hydrogen) atoms. The predicted molar refractivity (Wildman–Crippen MR) is 107 cm³/mol. The Balaban J connectivity index is 1.39. The number of ether oxygens (including phenoxy) is 2. The Morgan fingerprint density at radius 1 is 1.21 bits per heavy atom. The Hall–Kier alpha value is -2.25. The van der Waals surface area contributed by atoms with Crippen LogP contribution < -0.4 is 4.74 Å². The minimum absolute atomic E-state index is 0.0761. The third kappa shape index (κ3) is 6.11. The van der Waals surface area contributed by atoms with Gasteiger partial charge in [0.05, 0.1) is 13.0 Å². The molecule has 2 aliphatic heterocycles. The van der Waals surface area contributed by atoms with Gasteiger partial charge in [-0.3, -0.25) is 4.79 Å². The second-order valence-corrected chi connectivity index (χ2v) is 9.11. The molecule has 0 radical (unpaired) electrons. The molecule has 3 heterocycles. The summed E-state index contributed by atoms with van der Waals surface area (Å²) in [6.07, 6.45) is 3.79. The average Bonchev–Trinajstić information content (AvgIpc) is 3.27. The highest BCUT2D eigenvalue weighted by Crippen LogP contribution is 2.22. The van der Waals surface area contributed by atoms with Crippen LogP contribution in [0.5, 0.6) is 5.88 Å². The quantitative estimate of drug-likeness (QED) is 0.745. The number of piperidine rings is 1. The van der Waals surface area contributed by atoms with Crippen molar-refractivity contribution in [3.63, 3.8) is 0 Å². The van der Waals surface area contributed by atoms with Crippen LogP contribution in [0.3, 0.4) is 0 Å². The third-order valence-corrected chi connectivity index (χ3v) is 5.47. The van der Waals surface area contributed by atoms with E-state index in [1.165, 1.54) is 0 Å². The lowest BCUT2D eigenvalue weighted by atomic mass is 9.98. The highest BCUT2D eigenvalue weighted by Gasteiger charge is 2.28. The zero-order valence-corrected chi connectivity index (χ0v) is 18.0. The highest BCUT2D eigenvalue weighted by atomic mass is 16.6. The number of hydrogen-bond donors (Lipinski definition) is 0. The summed E-state index contributed by atoms with van der Waals surface area (Å²) in [5, 5.41) is 3.93. The summed E-state index contributed by atoms with van der Waals surface area (Å²) in [5.41, 5.74) is -0.476. The fourth-order valence-electron chi connectivity index (χ4n) is 3.81. The number of carbonyl (C=O) groups excluding carboxylic acids is 2. The summed E-state index contributed by atoms with van der Waals surface area (Å²) in [6.45, 7) is 10.4. The van der Waals surface area contributed by atoms with Crippen molar-refractivity contribution in [2.45, 2.75) is 71.4 Å². The van der Waals surface area contributed by atoms with E-state index in [1.54, 1.807) is 11.0 Å². The maximum atomic E-state index is 12.4. The van der Waals surface area contributed by atoms with Crippen molar-refractivity contribution in [3.05, 3.63) is 11.8 Å². The molecule has 1 aromatic rings. The molecule has 8 nitrogen and oxygen atoms in total. The van der Waals surface area contributed by atoms with Gasteiger partial charge in [-0.05, 0) is 64.5 Å². The second-order valence-electron chi connectivity index (χ2n) is 9.11. The van der Waals surface area contributed by atoms with Gasteiger partial charge in [-0.25, -0.2) is 4.79 Å². The maximum Gasteiger partial charge on any atom is 0.410 e. The van der Waals surface area contributed by atoms with E-state index in [9.17, 15) is 9.59 Å². The van der Waals surface area contributed by atoms with Crippen LogP contribution in [-0.4, -0.2) is 64.8 Å². The van der Waals surface area contributed by atoms with E-state index in [4.69, 9.17) is 14.0 Å². The highest BCUT2D eigenvalue weighted by molar-refractivity contribution is 5.78. The van der Waals surface area contributed by atoms with Crippen LogP contribution in [0.4, 0.5) is 4.79 Å². The Kier molecular flexibility index (Phi) is 6.70. The lowest BCUT2D eigenvalue weighted by Crippen LogP contribution is -2.42. The van der Waals surface area contributed by atoms with Gasteiger partial charge < -0.3 is 23.8 Å². The van der Waals surface area contributed by atoms with Crippen molar-refractivity contribution in [2.24, 2.45) is 5.92 Å². The van der Waals surface area contributed by atoms with Gasteiger partial charge in [-0.2, -0.15) is 0 Å². The first-order chi connectivity index (χ1) is 13.7. The Morgan fingerprint density at radius 2 is 1.93 bits per heavy atom. The summed E-state index contributed by atoms with van der Waals surface area (Å²) < 4.78 is 16.5. The minimum atomic E-state index is -0.476. The van der Waals surface area contributed by atoms with Crippen molar-refractivity contribution in [2.75, 3.05) is 26.2 Å². The molecule has 2 fully saturated rings. The number of carbonyl (C=O) groups is 2. The molecule has 8 heteroatoms. The Morgan fingerprint density at radius 3 is 2.55 bits per heavy atom. The number of nitrogens with zero attached hydrogens (tertiary/aromatic N) is 3. The zero-order valence-electron chi connectivity index (χ0n) is 18.0. The number of likely N-dealkylation sites (tertiary alicyclic amines) is 2. The van der Waals surface area contributed by atoms with Gasteiger partial charge in [0.25, 0.3) is 5.88 Å². The van der Waals surface area contributed by atoms with Gasteiger partial charge >= 0.3 is 6.09 Å². The third-order valence-electron chi connectivity index (χ3n) is 5.47. The van der Waals surface area contributed by atoms with Crippen molar-refractivity contribution >= 4 is 12.0 Å². The van der Waals surface area contributed by atoms with E-state index in [-0.39, 0.29) is 18.4 Å². The molecular formula is C21H33N3O5. The molecule has 0 bridgehead atoms. The first-order valence-electron chi connectivity index (χ1n) is 10.6. The van der Waals surface area contributed by atoms with Crippen molar-refractivity contribution in [3.8, 4) is 5.88 Å². The molecule has 2 amide bonds. The van der Waals surface area contributed by atoms with E-state index in [1.807, 2.05) is 25.7 Å². The van der Waals surface area contributed by atoms with Crippen molar-refractivity contribution < 1.29 is 23.6 Å². The number of hydrogen-bond acceptors (Lipinski definition) is 6. The van der Waals surface area contributed by atoms with Crippen LogP contribution in [0.15, 0.2) is 10.6 Å². The molecule has 0 saturated carbocycles. The van der Waals surface area contributed by atoms with Crippen molar-refractivity contribution in [1.29, 1.82) is 0 Å². The molecule has 0 spiro atoms. The summed E-state index contributed by atoms with van der Waals surface area (Å²) in [6, 6.07) is 2.00. The number of rotatable bonds is 5. The first-order valence-corrected chi connectivity index (χ1v) is 10.6. The summed E-state index contributed by atoms with van der Waals surface area (Å²) in [4.78, 5) is 28.1. The molecule has 2 aliphatic rings. The lowest BCUT2D eigenvalue weighted by Gasteiger charge is -2.33. The number of aromatic nitrogens is 1. The fraction of sp³-hybridized carbons (Fsp3) is 0.762. The summed E-state index contributed by atoms with van der Waals surface area (Å²) >= 11 is 0. The maximum absolute atomic E-state index is 12.4. The van der Waals surface area contributed by atoms with Crippen LogP contribution >= 0.6 is 0 Å². The molecule has 0 N–H and O–H groups in total. The second kappa shape index (κ2) is 9.05. The smallest absolute Gasteiger partial charge is 0.410 e. The average molecular weight is 408 g/mol. The van der Waals surface area contributed by atoms with Gasteiger partial charge in [0.15, 0.2) is 0 Å². The van der Waals surface area contributed by atoms with E-state index < -0.39 is 5.60 Å². The molecule has 1 aromatic heterocycles. The van der Waals surface area contributed by atoms with E-state index >= 15 is 0 Å². The van der Waals surface area contributed by atoms with E-state index in [0.717, 1.165) is 32.2 Å². The molecular weight excluding hydrogens is 374 g/mol. The zero-order chi connectivity index (χ0) is 21.0. The monoisotopic (exact) mass is 407 g/mol. The van der Waals surface area contributed by atoms with Crippen LogP contribution in [0.2, 0.25) is 0 Å². The van der Waals surface area contributed by atoms with E-state index in [2.05, 4.69) is 12.1 Å². The van der Waals surface area contributed by atoms with Crippen LogP contribution in [-0.2, 0) is 16.0 Å². The molecule has 1 unspecified atom stereocenters. The molecule has 0 aliphatic carbocycles. The van der Waals surface area contributed by atoms with Gasteiger partial charge in [-0.15, -0.1) is 0 Å². The Labute approximate surface area is 172 Å². The normalized spacial score (nSPS) is 20.8. The SMILES string of the molecule is CC1CCCN1C(=O)Cc1cc(OCC2CCN(C(=O)OC(C)(C)C)CC2)no1. The standard InChI is InChI=1S/C21H33N3O5/c1-15-6-5-9-24(15)19(25)13-17-12-18(22-29-17)27-14-16-7-10-23(11-8-16)20(26)28-21(2,3)4/h12,15-16H,5-11,13-14H2,1-4H3. The molecule has 0 aromatic carbocycles. The van der Waals surface area contributed by atoms with Crippen LogP contribution in [0, 0.1) is 5.92 Å². The van der Waals surface area contributed by atoms with Gasteiger partial charge in [0.1, 0.15) is 11.4 Å². The molecule has 162 valence electrons. The molecule has 1 atom stereocenters. The Bertz CT molecular complexity index is 703. The summed E-state index contributed by atoms with van der Waals surface area (Å²) in [7, 11) is 0. The van der Waals surface area contributed by atoms with Crippen LogP contribution in [0.1, 0.15) is 59.1 Å². The van der Waals surface area contributed by atoms with Gasteiger partial charge in [0, 0.05) is 31.7 Å². The van der Waals surface area contributed by atoms with Crippen molar-refractivity contribution in [1.82, 2.24) is 15.0 Å². The largest absolute Gasteiger partial charge is 0.475 e. The summed E-state index contributed by atoms with van der Waals surface area (Å²) in [5.74, 6) is 1.37. The van der Waals surface area contributed by atoms with Gasteiger partial charge in [0.2, 0.25) is 5.91 Å².